The first-order valence-electron chi connectivity index (χ1n) is 8.78. The molecule has 0 saturated heterocycles. The molecule has 0 radical (unpaired) electrons. The Kier molecular flexibility index (Phi) is 6.53. The molecule has 5 heteroatoms. The summed E-state index contributed by atoms with van der Waals surface area (Å²) < 4.78 is 0. The van der Waals surface area contributed by atoms with E-state index in [0.29, 0.717) is 18.5 Å². The van der Waals surface area contributed by atoms with Crippen molar-refractivity contribution in [1.82, 2.24) is 10.3 Å². The second-order valence-corrected chi connectivity index (χ2v) is 6.39. The highest BCUT2D eigenvalue weighted by Gasteiger charge is 2.26. The molecule has 1 aromatic heterocycles. The highest BCUT2D eigenvalue weighted by atomic mass is 16.3. The van der Waals surface area contributed by atoms with Crippen LogP contribution in [0.1, 0.15) is 49.9 Å². The van der Waals surface area contributed by atoms with Crippen molar-refractivity contribution in [2.45, 2.75) is 45.1 Å². The SMILES string of the molecule is CCCC(O)(CCC)CNC(=O)c1ccc(-c2ccccc2)[nH]c1=O. The van der Waals surface area contributed by atoms with Crippen LogP contribution in [0.4, 0.5) is 0 Å². The number of aromatic amines is 1. The molecule has 0 aliphatic carbocycles. The van der Waals surface area contributed by atoms with E-state index in [4.69, 9.17) is 0 Å². The molecule has 0 unspecified atom stereocenters. The van der Waals surface area contributed by atoms with Gasteiger partial charge in [-0.05, 0) is 30.5 Å². The van der Waals surface area contributed by atoms with Gasteiger partial charge in [-0.15, -0.1) is 0 Å². The van der Waals surface area contributed by atoms with Crippen LogP contribution in [0.3, 0.4) is 0 Å². The van der Waals surface area contributed by atoms with Gasteiger partial charge < -0.3 is 15.4 Å². The minimum absolute atomic E-state index is 0.0510. The lowest BCUT2D eigenvalue weighted by molar-refractivity contribution is 0.0213. The molecular formula is C20H26N2O3. The average molecular weight is 342 g/mol. The number of nitrogens with one attached hydrogen (secondary N) is 2. The summed E-state index contributed by atoms with van der Waals surface area (Å²) in [5.74, 6) is -0.466. The lowest BCUT2D eigenvalue weighted by Crippen LogP contribution is -2.43. The summed E-state index contributed by atoms with van der Waals surface area (Å²) in [5.41, 5.74) is 0.237. The first kappa shape index (κ1) is 18.9. The van der Waals surface area contributed by atoms with E-state index < -0.39 is 17.1 Å². The van der Waals surface area contributed by atoms with Crippen LogP contribution in [0.5, 0.6) is 0 Å². The van der Waals surface area contributed by atoms with E-state index >= 15 is 0 Å². The lowest BCUT2D eigenvalue weighted by Gasteiger charge is -2.27. The number of amides is 1. The third kappa shape index (κ3) is 5.03. The second-order valence-electron chi connectivity index (χ2n) is 6.39. The number of pyridine rings is 1. The summed E-state index contributed by atoms with van der Waals surface area (Å²) in [5, 5.41) is 13.3. The van der Waals surface area contributed by atoms with E-state index in [2.05, 4.69) is 10.3 Å². The van der Waals surface area contributed by atoms with Crippen molar-refractivity contribution >= 4 is 5.91 Å². The Hall–Kier alpha value is -2.40. The molecule has 0 fully saturated rings. The number of hydrogen-bond donors (Lipinski definition) is 3. The number of aliphatic hydroxyl groups is 1. The van der Waals surface area contributed by atoms with E-state index in [9.17, 15) is 14.7 Å². The van der Waals surface area contributed by atoms with Crippen molar-refractivity contribution in [1.29, 1.82) is 0 Å². The fourth-order valence-corrected chi connectivity index (χ4v) is 3.01. The van der Waals surface area contributed by atoms with Crippen molar-refractivity contribution in [2.24, 2.45) is 0 Å². The first-order valence-corrected chi connectivity index (χ1v) is 8.78. The van der Waals surface area contributed by atoms with Gasteiger partial charge in [0.15, 0.2) is 0 Å². The Balaban J connectivity index is 2.11. The maximum Gasteiger partial charge on any atom is 0.261 e. The zero-order valence-electron chi connectivity index (χ0n) is 14.8. The number of aromatic nitrogens is 1. The highest BCUT2D eigenvalue weighted by molar-refractivity contribution is 5.94. The van der Waals surface area contributed by atoms with Gasteiger partial charge in [0.1, 0.15) is 5.56 Å². The molecular weight excluding hydrogens is 316 g/mol. The summed E-state index contributed by atoms with van der Waals surface area (Å²) in [6.45, 7) is 4.14. The molecule has 0 atom stereocenters. The van der Waals surface area contributed by atoms with Gasteiger partial charge in [0.25, 0.3) is 11.5 Å². The summed E-state index contributed by atoms with van der Waals surface area (Å²) in [4.78, 5) is 27.3. The van der Waals surface area contributed by atoms with Gasteiger partial charge in [-0.3, -0.25) is 9.59 Å². The molecule has 2 aromatic rings. The molecule has 0 saturated carbocycles. The van der Waals surface area contributed by atoms with Crippen LogP contribution in [0, 0.1) is 0 Å². The molecule has 2 rings (SSSR count). The van der Waals surface area contributed by atoms with Crippen LogP contribution in [0.25, 0.3) is 11.3 Å². The fraction of sp³-hybridized carbons (Fsp3) is 0.400. The van der Waals surface area contributed by atoms with Gasteiger partial charge in [-0.1, -0.05) is 57.0 Å². The Morgan fingerprint density at radius 3 is 2.28 bits per heavy atom. The van der Waals surface area contributed by atoms with Gasteiger partial charge >= 0.3 is 0 Å². The third-order valence-electron chi connectivity index (χ3n) is 4.25. The van der Waals surface area contributed by atoms with E-state index in [1.807, 2.05) is 44.2 Å². The molecule has 0 aliphatic rings. The summed E-state index contributed by atoms with van der Waals surface area (Å²) in [6.07, 6.45) is 2.90. The first-order chi connectivity index (χ1) is 12.0. The van der Waals surface area contributed by atoms with Crippen LogP contribution in [0.2, 0.25) is 0 Å². The van der Waals surface area contributed by atoms with E-state index in [1.54, 1.807) is 6.07 Å². The van der Waals surface area contributed by atoms with Crippen LogP contribution < -0.4 is 10.9 Å². The summed E-state index contributed by atoms with van der Waals surface area (Å²) >= 11 is 0. The number of H-pyrrole nitrogens is 1. The van der Waals surface area contributed by atoms with Crippen molar-refractivity contribution in [2.75, 3.05) is 6.54 Å². The van der Waals surface area contributed by atoms with Crippen molar-refractivity contribution < 1.29 is 9.90 Å². The van der Waals surface area contributed by atoms with Gasteiger partial charge in [-0.2, -0.15) is 0 Å². The Morgan fingerprint density at radius 1 is 1.08 bits per heavy atom. The van der Waals surface area contributed by atoms with E-state index in [-0.39, 0.29) is 12.1 Å². The smallest absolute Gasteiger partial charge is 0.261 e. The molecule has 5 nitrogen and oxygen atoms in total. The van der Waals surface area contributed by atoms with E-state index in [0.717, 1.165) is 18.4 Å². The van der Waals surface area contributed by atoms with Gasteiger partial charge in [0.05, 0.1) is 5.60 Å². The molecule has 3 N–H and O–H groups in total. The number of benzene rings is 1. The maximum atomic E-state index is 12.3. The lowest BCUT2D eigenvalue weighted by atomic mass is 9.92. The highest BCUT2D eigenvalue weighted by Crippen LogP contribution is 2.19. The van der Waals surface area contributed by atoms with Gasteiger partial charge in [-0.25, -0.2) is 0 Å². The van der Waals surface area contributed by atoms with Gasteiger partial charge in [0, 0.05) is 12.2 Å². The zero-order chi connectivity index (χ0) is 18.3. The number of carbonyl (C=O) groups excluding carboxylic acids is 1. The van der Waals surface area contributed by atoms with Gasteiger partial charge in [0.2, 0.25) is 0 Å². The van der Waals surface area contributed by atoms with Crippen LogP contribution in [-0.2, 0) is 0 Å². The van der Waals surface area contributed by atoms with Crippen molar-refractivity contribution in [3.8, 4) is 11.3 Å². The van der Waals surface area contributed by atoms with Crippen molar-refractivity contribution in [3.05, 3.63) is 58.4 Å². The normalized spacial score (nSPS) is 11.3. The minimum atomic E-state index is -0.921. The average Bonchev–Trinajstić information content (AvgIpc) is 2.61. The topological polar surface area (TPSA) is 82.2 Å². The monoisotopic (exact) mass is 342 g/mol. The predicted octanol–water partition coefficient (Wildman–Crippen LogP) is 3.10. The quantitative estimate of drug-likeness (QED) is 0.689. The molecule has 1 aromatic carbocycles. The van der Waals surface area contributed by atoms with Crippen LogP contribution >= 0.6 is 0 Å². The minimum Gasteiger partial charge on any atom is -0.388 e. The fourth-order valence-electron chi connectivity index (χ4n) is 3.01. The largest absolute Gasteiger partial charge is 0.388 e. The van der Waals surface area contributed by atoms with Crippen LogP contribution in [-0.4, -0.2) is 28.1 Å². The number of hydrogen-bond acceptors (Lipinski definition) is 3. The molecule has 134 valence electrons. The zero-order valence-corrected chi connectivity index (χ0v) is 14.8. The van der Waals surface area contributed by atoms with Crippen LogP contribution in [0.15, 0.2) is 47.3 Å². The third-order valence-corrected chi connectivity index (χ3v) is 4.25. The van der Waals surface area contributed by atoms with E-state index in [1.165, 1.54) is 6.07 Å². The second kappa shape index (κ2) is 8.62. The number of carbonyl (C=O) groups is 1. The van der Waals surface area contributed by atoms with Crippen molar-refractivity contribution in [3.63, 3.8) is 0 Å². The Bertz CT molecular complexity index is 747. The number of rotatable bonds is 8. The molecule has 0 spiro atoms. The maximum absolute atomic E-state index is 12.3. The predicted molar refractivity (Wildman–Crippen MR) is 99.6 cm³/mol. The molecule has 0 bridgehead atoms. The summed E-state index contributed by atoms with van der Waals surface area (Å²) in [7, 11) is 0. The summed E-state index contributed by atoms with van der Waals surface area (Å²) in [6, 6.07) is 12.7. The standard InChI is InChI=1S/C20H26N2O3/c1-3-12-20(25,13-4-2)14-21-18(23)16-10-11-17(22-19(16)24)15-8-6-5-7-9-15/h5-11,25H,3-4,12-14H2,1-2H3,(H,21,23)(H,22,24). The Morgan fingerprint density at radius 2 is 1.72 bits per heavy atom. The Labute approximate surface area is 148 Å². The molecule has 25 heavy (non-hydrogen) atoms. The molecule has 1 amide bonds. The molecule has 1 heterocycles. The molecule has 0 aliphatic heterocycles.